The van der Waals surface area contributed by atoms with E-state index in [1.807, 2.05) is 81.4 Å². The smallest absolute Gasteiger partial charge is 0.323 e. The van der Waals surface area contributed by atoms with Crippen LogP contribution in [0.15, 0.2) is 103 Å². The highest BCUT2D eigenvalue weighted by Gasteiger charge is 2.23. The fourth-order valence-electron chi connectivity index (χ4n) is 3.97. The molecule has 0 radical (unpaired) electrons. The summed E-state index contributed by atoms with van der Waals surface area (Å²) in [6.45, 7) is 5.73. The van der Waals surface area contributed by atoms with Crippen molar-refractivity contribution in [3.05, 3.63) is 120 Å². The molecule has 39 heavy (non-hydrogen) atoms. The Hall–Kier alpha value is -4.78. The van der Waals surface area contributed by atoms with E-state index in [1.54, 1.807) is 49.6 Å². The maximum atomic E-state index is 13.4. The van der Waals surface area contributed by atoms with E-state index in [2.05, 4.69) is 16.0 Å². The van der Waals surface area contributed by atoms with E-state index < -0.39 is 17.7 Å². The molecule has 0 saturated carbocycles. The molecule has 0 aliphatic carbocycles. The molecule has 3 N–H and O–H groups in total. The number of rotatable bonds is 8. The van der Waals surface area contributed by atoms with Crippen molar-refractivity contribution in [2.75, 3.05) is 17.7 Å². The number of amides is 3. The highest BCUT2D eigenvalue weighted by Crippen LogP contribution is 2.32. The minimum absolute atomic E-state index is 0.309. The van der Waals surface area contributed by atoms with Crippen molar-refractivity contribution >= 4 is 23.3 Å². The summed E-state index contributed by atoms with van der Waals surface area (Å²) >= 11 is 0. The number of hydrogen-bond acceptors (Lipinski definition) is 4. The highest BCUT2D eigenvalue weighted by molar-refractivity contribution is 6.02. The van der Waals surface area contributed by atoms with Gasteiger partial charge >= 0.3 is 6.03 Å². The Morgan fingerprint density at radius 3 is 1.79 bits per heavy atom. The number of hydrogen-bond donors (Lipinski definition) is 3. The molecule has 7 nitrogen and oxygen atoms in total. The van der Waals surface area contributed by atoms with E-state index >= 15 is 0 Å². The van der Waals surface area contributed by atoms with Crippen molar-refractivity contribution < 1.29 is 19.1 Å². The SMILES string of the molecule is COc1ccc(NC(=O)Nc2ccc(OC(c3ccccc3)c3ccccc3)c(C(=O)NC(C)(C)C)c2)cc1. The van der Waals surface area contributed by atoms with E-state index in [0.717, 1.165) is 11.1 Å². The molecule has 0 saturated heterocycles. The molecule has 3 amide bonds. The maximum Gasteiger partial charge on any atom is 0.323 e. The average molecular weight is 524 g/mol. The van der Waals surface area contributed by atoms with Gasteiger partial charge in [-0.1, -0.05) is 60.7 Å². The minimum Gasteiger partial charge on any atom is -0.497 e. The summed E-state index contributed by atoms with van der Waals surface area (Å²) in [4.78, 5) is 26.1. The fourth-order valence-corrected chi connectivity index (χ4v) is 3.97. The Bertz CT molecular complexity index is 1360. The first-order valence-electron chi connectivity index (χ1n) is 12.7. The lowest BCUT2D eigenvalue weighted by molar-refractivity contribution is 0.0913. The fraction of sp³-hybridized carbons (Fsp3) is 0.188. The first-order chi connectivity index (χ1) is 18.7. The van der Waals surface area contributed by atoms with Gasteiger partial charge in [-0.25, -0.2) is 4.79 Å². The molecule has 0 spiro atoms. The Morgan fingerprint density at radius 2 is 1.26 bits per heavy atom. The van der Waals surface area contributed by atoms with Crippen LogP contribution < -0.4 is 25.4 Å². The van der Waals surface area contributed by atoms with Gasteiger partial charge in [-0.15, -0.1) is 0 Å². The molecular formula is C32H33N3O4. The summed E-state index contributed by atoms with van der Waals surface area (Å²) in [7, 11) is 1.58. The molecule has 0 aromatic heterocycles. The molecule has 0 atom stereocenters. The van der Waals surface area contributed by atoms with Crippen LogP contribution in [-0.2, 0) is 0 Å². The van der Waals surface area contributed by atoms with E-state index in [9.17, 15) is 9.59 Å². The van der Waals surface area contributed by atoms with Crippen LogP contribution in [0.4, 0.5) is 16.2 Å². The summed E-state index contributed by atoms with van der Waals surface area (Å²) in [6.07, 6.45) is -0.439. The largest absolute Gasteiger partial charge is 0.497 e. The maximum absolute atomic E-state index is 13.4. The summed E-state index contributed by atoms with van der Waals surface area (Å²) in [6, 6.07) is 31.3. The minimum atomic E-state index is -0.470. The van der Waals surface area contributed by atoms with Crippen LogP contribution in [0.25, 0.3) is 0 Å². The van der Waals surface area contributed by atoms with Gasteiger partial charge < -0.3 is 25.4 Å². The summed E-state index contributed by atoms with van der Waals surface area (Å²) in [5.41, 5.74) is 2.79. The Balaban J connectivity index is 1.63. The van der Waals surface area contributed by atoms with Crippen molar-refractivity contribution in [1.29, 1.82) is 0 Å². The second-order valence-corrected chi connectivity index (χ2v) is 10.0. The van der Waals surface area contributed by atoms with Gasteiger partial charge in [-0.05, 0) is 74.4 Å². The van der Waals surface area contributed by atoms with Crippen LogP contribution in [0, 0.1) is 0 Å². The summed E-state index contributed by atoms with van der Waals surface area (Å²) in [5.74, 6) is 0.780. The predicted molar refractivity (Wildman–Crippen MR) is 155 cm³/mol. The van der Waals surface area contributed by atoms with Gasteiger partial charge in [0.15, 0.2) is 0 Å². The number of carbonyl (C=O) groups is 2. The number of carbonyl (C=O) groups excluding carboxylic acids is 2. The van der Waals surface area contributed by atoms with E-state index in [4.69, 9.17) is 9.47 Å². The number of ether oxygens (including phenoxy) is 2. The zero-order valence-corrected chi connectivity index (χ0v) is 22.5. The predicted octanol–water partition coefficient (Wildman–Crippen LogP) is 7.04. The molecule has 4 aromatic rings. The van der Waals surface area contributed by atoms with E-state index in [-0.39, 0.29) is 5.91 Å². The van der Waals surface area contributed by atoms with E-state index in [0.29, 0.717) is 28.4 Å². The number of methoxy groups -OCH3 is 1. The van der Waals surface area contributed by atoms with E-state index in [1.165, 1.54) is 0 Å². The van der Waals surface area contributed by atoms with Crippen LogP contribution in [0.5, 0.6) is 11.5 Å². The summed E-state index contributed by atoms with van der Waals surface area (Å²) < 4.78 is 11.7. The van der Waals surface area contributed by atoms with Crippen LogP contribution in [0.2, 0.25) is 0 Å². The van der Waals surface area contributed by atoms with Crippen molar-refractivity contribution in [2.24, 2.45) is 0 Å². The van der Waals surface area contributed by atoms with Crippen LogP contribution in [-0.4, -0.2) is 24.6 Å². The van der Waals surface area contributed by atoms with Gasteiger partial charge in [0, 0.05) is 16.9 Å². The van der Waals surface area contributed by atoms with Crippen molar-refractivity contribution in [3.63, 3.8) is 0 Å². The quantitative estimate of drug-likeness (QED) is 0.231. The van der Waals surface area contributed by atoms with Crippen LogP contribution in [0.1, 0.15) is 48.4 Å². The summed E-state index contributed by atoms with van der Waals surface area (Å²) in [5, 5.41) is 8.59. The van der Waals surface area contributed by atoms with Gasteiger partial charge in [0.2, 0.25) is 0 Å². The lowest BCUT2D eigenvalue weighted by Crippen LogP contribution is -2.40. The Labute approximate surface area is 229 Å². The van der Waals surface area contributed by atoms with Crippen LogP contribution >= 0.6 is 0 Å². The molecule has 0 heterocycles. The average Bonchev–Trinajstić information content (AvgIpc) is 2.92. The second-order valence-electron chi connectivity index (χ2n) is 10.0. The first kappa shape index (κ1) is 27.3. The third-order valence-corrected chi connectivity index (χ3v) is 5.77. The molecule has 0 unspecified atom stereocenters. The molecule has 200 valence electrons. The zero-order chi connectivity index (χ0) is 27.8. The zero-order valence-electron chi connectivity index (χ0n) is 22.5. The number of urea groups is 1. The molecule has 4 rings (SSSR count). The van der Waals surface area contributed by atoms with Crippen LogP contribution in [0.3, 0.4) is 0 Å². The molecule has 0 fully saturated rings. The number of nitrogens with one attached hydrogen (secondary N) is 3. The molecular weight excluding hydrogens is 490 g/mol. The third-order valence-electron chi connectivity index (χ3n) is 5.77. The molecule has 0 aliphatic heterocycles. The Morgan fingerprint density at radius 1 is 0.718 bits per heavy atom. The van der Waals surface area contributed by atoms with Crippen molar-refractivity contribution in [3.8, 4) is 11.5 Å². The van der Waals surface area contributed by atoms with Gasteiger partial charge in [0.1, 0.15) is 17.6 Å². The first-order valence-corrected chi connectivity index (χ1v) is 12.7. The Kier molecular flexibility index (Phi) is 8.51. The lowest BCUT2D eigenvalue weighted by atomic mass is 10.0. The van der Waals surface area contributed by atoms with Gasteiger partial charge in [0.05, 0.1) is 12.7 Å². The van der Waals surface area contributed by atoms with Crippen molar-refractivity contribution in [1.82, 2.24) is 5.32 Å². The number of benzene rings is 4. The lowest BCUT2D eigenvalue weighted by Gasteiger charge is -2.24. The monoisotopic (exact) mass is 523 g/mol. The topological polar surface area (TPSA) is 88.7 Å². The van der Waals surface area contributed by atoms with Gasteiger partial charge in [-0.2, -0.15) is 0 Å². The molecule has 4 aromatic carbocycles. The molecule has 7 heteroatoms. The van der Waals surface area contributed by atoms with Crippen molar-refractivity contribution in [2.45, 2.75) is 32.4 Å². The number of anilines is 2. The second kappa shape index (κ2) is 12.2. The molecule has 0 aliphatic rings. The van der Waals surface area contributed by atoms with Gasteiger partial charge in [-0.3, -0.25) is 4.79 Å². The standard InChI is InChI=1S/C32H33N3O4/c1-32(2,3)35-30(36)27-21-25(34-31(37)33-24-15-18-26(38-4)19-16-24)17-20-28(27)39-29(22-11-7-5-8-12-22)23-13-9-6-10-14-23/h5-21,29H,1-4H3,(H,35,36)(H2,33,34,37). The normalized spacial score (nSPS) is 11.0. The van der Waals surface area contributed by atoms with Gasteiger partial charge in [0.25, 0.3) is 5.91 Å². The highest BCUT2D eigenvalue weighted by atomic mass is 16.5. The third kappa shape index (κ3) is 7.61. The molecule has 0 bridgehead atoms.